The zero-order valence-electron chi connectivity index (χ0n) is 8.69. The van der Waals surface area contributed by atoms with Gasteiger partial charge in [0.15, 0.2) is 5.58 Å². The van der Waals surface area contributed by atoms with Crippen LogP contribution in [0, 0.1) is 6.92 Å². The van der Waals surface area contributed by atoms with Crippen molar-refractivity contribution < 1.29 is 4.52 Å². The average Bonchev–Trinajstić information content (AvgIpc) is 2.86. The molecule has 3 aromatic rings. The minimum atomic E-state index is 0.483. The van der Waals surface area contributed by atoms with Crippen LogP contribution >= 0.6 is 0 Å². The van der Waals surface area contributed by atoms with Gasteiger partial charge in [-0.25, -0.2) is 0 Å². The number of rotatable bonds is 1. The SMILES string of the molecule is Cc1noc2ccc(-c3cc(N)n[nH]3)cc12. The van der Waals surface area contributed by atoms with Gasteiger partial charge in [-0.05, 0) is 25.1 Å². The Labute approximate surface area is 91.2 Å². The summed E-state index contributed by atoms with van der Waals surface area (Å²) in [5.41, 5.74) is 9.14. The van der Waals surface area contributed by atoms with Crippen LogP contribution in [0.5, 0.6) is 0 Å². The molecule has 2 aromatic heterocycles. The second kappa shape index (κ2) is 3.10. The normalized spacial score (nSPS) is 11.1. The monoisotopic (exact) mass is 214 g/mol. The summed E-state index contributed by atoms with van der Waals surface area (Å²) in [6.45, 7) is 1.91. The largest absolute Gasteiger partial charge is 0.382 e. The summed E-state index contributed by atoms with van der Waals surface area (Å²) in [6, 6.07) is 7.64. The maximum atomic E-state index is 5.57. The van der Waals surface area contributed by atoms with E-state index in [9.17, 15) is 0 Å². The third kappa shape index (κ3) is 1.25. The number of H-pyrrole nitrogens is 1. The molecule has 0 bridgehead atoms. The predicted molar refractivity (Wildman–Crippen MR) is 60.7 cm³/mol. The summed E-state index contributed by atoms with van der Waals surface area (Å²) in [5, 5.41) is 11.7. The number of hydrogen-bond donors (Lipinski definition) is 2. The van der Waals surface area contributed by atoms with Gasteiger partial charge in [0.25, 0.3) is 0 Å². The molecular weight excluding hydrogens is 204 g/mol. The van der Waals surface area contributed by atoms with Crippen LogP contribution in [0.4, 0.5) is 5.82 Å². The van der Waals surface area contributed by atoms with Crippen LogP contribution in [0.1, 0.15) is 5.69 Å². The Kier molecular flexibility index (Phi) is 1.73. The van der Waals surface area contributed by atoms with Crippen molar-refractivity contribution in [3.05, 3.63) is 30.0 Å². The molecule has 0 aliphatic heterocycles. The maximum Gasteiger partial charge on any atom is 0.167 e. The van der Waals surface area contributed by atoms with E-state index in [-0.39, 0.29) is 0 Å². The first-order valence-electron chi connectivity index (χ1n) is 4.91. The summed E-state index contributed by atoms with van der Waals surface area (Å²) in [5.74, 6) is 0.483. The van der Waals surface area contributed by atoms with Gasteiger partial charge < -0.3 is 10.3 Å². The van der Waals surface area contributed by atoms with Crippen molar-refractivity contribution in [3.8, 4) is 11.3 Å². The molecule has 0 amide bonds. The standard InChI is InChI=1S/C11H10N4O/c1-6-8-4-7(2-3-10(8)16-15-6)9-5-11(12)14-13-9/h2-5H,1H3,(H3,12,13,14). The minimum absolute atomic E-state index is 0.483. The third-order valence-electron chi connectivity index (χ3n) is 2.56. The molecule has 16 heavy (non-hydrogen) atoms. The Morgan fingerprint density at radius 3 is 2.94 bits per heavy atom. The van der Waals surface area contributed by atoms with E-state index in [0.29, 0.717) is 5.82 Å². The molecule has 0 saturated carbocycles. The molecule has 2 heterocycles. The molecule has 0 unspecified atom stereocenters. The molecule has 0 aliphatic rings. The number of anilines is 1. The molecular formula is C11H10N4O. The molecule has 5 nitrogen and oxygen atoms in total. The summed E-state index contributed by atoms with van der Waals surface area (Å²) in [7, 11) is 0. The van der Waals surface area contributed by atoms with Crippen molar-refractivity contribution >= 4 is 16.8 Å². The first kappa shape index (κ1) is 8.96. The summed E-state index contributed by atoms with van der Waals surface area (Å²) in [6.07, 6.45) is 0. The summed E-state index contributed by atoms with van der Waals surface area (Å²) < 4.78 is 5.14. The molecule has 80 valence electrons. The number of aryl methyl sites for hydroxylation is 1. The van der Waals surface area contributed by atoms with E-state index < -0.39 is 0 Å². The quantitative estimate of drug-likeness (QED) is 0.650. The number of hydrogen-bond acceptors (Lipinski definition) is 4. The molecule has 0 aliphatic carbocycles. The predicted octanol–water partition coefficient (Wildman–Crippen LogP) is 2.11. The van der Waals surface area contributed by atoms with Crippen molar-refractivity contribution in [2.75, 3.05) is 5.73 Å². The molecule has 1 aromatic carbocycles. The van der Waals surface area contributed by atoms with Crippen molar-refractivity contribution in [1.82, 2.24) is 15.4 Å². The Hall–Kier alpha value is -2.30. The Morgan fingerprint density at radius 1 is 1.31 bits per heavy atom. The highest BCUT2D eigenvalue weighted by Gasteiger charge is 2.07. The fraction of sp³-hybridized carbons (Fsp3) is 0.0909. The number of nitrogen functional groups attached to an aromatic ring is 1. The smallest absolute Gasteiger partial charge is 0.167 e. The Bertz CT molecular complexity index is 653. The van der Waals surface area contributed by atoms with Crippen LogP contribution in [-0.4, -0.2) is 15.4 Å². The van der Waals surface area contributed by atoms with Gasteiger partial charge in [-0.1, -0.05) is 5.16 Å². The topological polar surface area (TPSA) is 80.7 Å². The van der Waals surface area contributed by atoms with Gasteiger partial charge in [-0.2, -0.15) is 5.10 Å². The second-order valence-electron chi connectivity index (χ2n) is 3.69. The van der Waals surface area contributed by atoms with Crippen LogP contribution < -0.4 is 5.73 Å². The highest BCUT2D eigenvalue weighted by atomic mass is 16.5. The highest BCUT2D eigenvalue weighted by molar-refractivity contribution is 5.84. The second-order valence-corrected chi connectivity index (χ2v) is 3.69. The average molecular weight is 214 g/mol. The van der Waals surface area contributed by atoms with Crippen molar-refractivity contribution in [3.63, 3.8) is 0 Å². The van der Waals surface area contributed by atoms with Crippen LogP contribution in [0.25, 0.3) is 22.2 Å². The lowest BCUT2D eigenvalue weighted by Gasteiger charge is -1.96. The number of nitrogens with one attached hydrogen (secondary N) is 1. The molecule has 5 heteroatoms. The fourth-order valence-corrected chi connectivity index (χ4v) is 1.71. The van der Waals surface area contributed by atoms with Crippen LogP contribution in [0.15, 0.2) is 28.8 Å². The van der Waals surface area contributed by atoms with E-state index in [1.165, 1.54) is 0 Å². The minimum Gasteiger partial charge on any atom is -0.382 e. The summed E-state index contributed by atoms with van der Waals surface area (Å²) in [4.78, 5) is 0. The zero-order valence-corrected chi connectivity index (χ0v) is 8.69. The molecule has 0 fully saturated rings. The van der Waals surface area contributed by atoms with Gasteiger partial charge in [0.2, 0.25) is 0 Å². The number of aromatic amines is 1. The molecule has 0 saturated heterocycles. The van der Waals surface area contributed by atoms with Gasteiger partial charge in [0.1, 0.15) is 5.82 Å². The molecule has 0 atom stereocenters. The lowest BCUT2D eigenvalue weighted by molar-refractivity contribution is 0.450. The van der Waals surface area contributed by atoms with Crippen molar-refractivity contribution in [2.24, 2.45) is 0 Å². The van der Waals surface area contributed by atoms with Crippen molar-refractivity contribution in [2.45, 2.75) is 6.92 Å². The lowest BCUT2D eigenvalue weighted by Crippen LogP contribution is -1.81. The molecule has 3 N–H and O–H groups in total. The number of benzene rings is 1. The number of nitrogens with zero attached hydrogens (tertiary/aromatic N) is 2. The molecule has 0 radical (unpaired) electrons. The maximum absolute atomic E-state index is 5.57. The van der Waals surface area contributed by atoms with Crippen LogP contribution in [-0.2, 0) is 0 Å². The van der Waals surface area contributed by atoms with E-state index >= 15 is 0 Å². The van der Waals surface area contributed by atoms with E-state index in [1.54, 1.807) is 6.07 Å². The van der Waals surface area contributed by atoms with Gasteiger partial charge >= 0.3 is 0 Å². The molecule has 3 rings (SSSR count). The van der Waals surface area contributed by atoms with E-state index in [2.05, 4.69) is 15.4 Å². The van der Waals surface area contributed by atoms with Crippen LogP contribution in [0.3, 0.4) is 0 Å². The van der Waals surface area contributed by atoms with Crippen LogP contribution in [0.2, 0.25) is 0 Å². The third-order valence-corrected chi connectivity index (χ3v) is 2.56. The van der Waals surface area contributed by atoms with Crippen molar-refractivity contribution in [1.29, 1.82) is 0 Å². The van der Waals surface area contributed by atoms with E-state index in [0.717, 1.165) is 27.9 Å². The van der Waals surface area contributed by atoms with Gasteiger partial charge in [0.05, 0.1) is 11.4 Å². The first-order chi connectivity index (χ1) is 7.74. The number of fused-ring (bicyclic) bond motifs is 1. The first-order valence-corrected chi connectivity index (χ1v) is 4.91. The molecule has 0 spiro atoms. The zero-order chi connectivity index (χ0) is 11.1. The van der Waals surface area contributed by atoms with Gasteiger partial charge in [0, 0.05) is 17.0 Å². The lowest BCUT2D eigenvalue weighted by atomic mass is 10.1. The van der Waals surface area contributed by atoms with E-state index in [4.69, 9.17) is 10.3 Å². The van der Waals surface area contributed by atoms with Gasteiger partial charge in [-0.15, -0.1) is 0 Å². The Balaban J connectivity index is 2.21. The number of nitrogens with two attached hydrogens (primary N) is 1. The van der Waals surface area contributed by atoms with E-state index in [1.807, 2.05) is 25.1 Å². The van der Waals surface area contributed by atoms with Gasteiger partial charge in [-0.3, -0.25) is 5.10 Å². The summed E-state index contributed by atoms with van der Waals surface area (Å²) >= 11 is 0. The fourth-order valence-electron chi connectivity index (χ4n) is 1.71. The number of aromatic nitrogens is 3. The highest BCUT2D eigenvalue weighted by Crippen LogP contribution is 2.25. The Morgan fingerprint density at radius 2 is 2.19 bits per heavy atom.